The maximum Gasteiger partial charge on any atom is 0.208 e. The van der Waals surface area contributed by atoms with E-state index in [2.05, 4.69) is 27.0 Å². The maximum atomic E-state index is 5.76. The summed E-state index contributed by atoms with van der Waals surface area (Å²) in [7, 11) is 0. The third-order valence-corrected chi connectivity index (χ3v) is 7.25. The van der Waals surface area contributed by atoms with Crippen molar-refractivity contribution < 1.29 is 4.42 Å². The number of aromatic nitrogens is 1. The molecule has 2 saturated heterocycles. The smallest absolute Gasteiger partial charge is 0.208 e. The standard InChI is InChI=1S/C23H39N5O.HI/c1-4-24-23(28-14-20-7-5-6-8-21(20)15-28)25-13-19-9-11-27(12-10-19)16-22-26-17(2)18(3)29-22;/h19-21H,4-16H2,1-3H3,(H,24,25);1H. The first-order valence-corrected chi connectivity index (χ1v) is 11.8. The number of likely N-dealkylation sites (tertiary alicyclic amines) is 2. The quantitative estimate of drug-likeness (QED) is 0.352. The summed E-state index contributed by atoms with van der Waals surface area (Å²) in [6.45, 7) is 13.6. The zero-order valence-electron chi connectivity index (χ0n) is 19.0. The molecule has 1 aromatic rings. The van der Waals surface area contributed by atoms with Gasteiger partial charge in [-0.15, -0.1) is 24.0 Å². The van der Waals surface area contributed by atoms with Gasteiger partial charge >= 0.3 is 0 Å². The lowest BCUT2D eigenvalue weighted by molar-refractivity contribution is 0.166. The number of halogens is 1. The number of nitrogens with one attached hydrogen (secondary N) is 1. The minimum atomic E-state index is 0. The molecule has 6 nitrogen and oxygen atoms in total. The normalized spacial score (nSPS) is 25.8. The van der Waals surface area contributed by atoms with Crippen LogP contribution in [0.5, 0.6) is 0 Å². The molecule has 0 radical (unpaired) electrons. The first-order valence-electron chi connectivity index (χ1n) is 11.8. The lowest BCUT2D eigenvalue weighted by Crippen LogP contribution is -2.41. The average molecular weight is 530 g/mol. The summed E-state index contributed by atoms with van der Waals surface area (Å²) in [5, 5.41) is 3.57. The molecule has 2 aliphatic heterocycles. The van der Waals surface area contributed by atoms with Gasteiger partial charge in [-0.05, 0) is 77.3 Å². The first-order chi connectivity index (χ1) is 14.1. The number of hydrogen-bond donors (Lipinski definition) is 1. The average Bonchev–Trinajstić information content (AvgIpc) is 3.29. The van der Waals surface area contributed by atoms with E-state index in [9.17, 15) is 0 Å². The van der Waals surface area contributed by atoms with Crippen molar-refractivity contribution >= 4 is 29.9 Å². The van der Waals surface area contributed by atoms with E-state index in [0.717, 1.165) is 67.9 Å². The van der Waals surface area contributed by atoms with E-state index in [0.29, 0.717) is 5.92 Å². The van der Waals surface area contributed by atoms with Gasteiger partial charge in [0.2, 0.25) is 5.89 Å². The Bertz CT molecular complexity index is 664. The molecule has 1 saturated carbocycles. The molecule has 3 fully saturated rings. The predicted octanol–water partition coefficient (Wildman–Crippen LogP) is 4.21. The van der Waals surface area contributed by atoms with Gasteiger partial charge in [-0.25, -0.2) is 4.98 Å². The Balaban J connectivity index is 0.00000256. The number of guanidine groups is 1. The van der Waals surface area contributed by atoms with Gasteiger partial charge in [0, 0.05) is 26.2 Å². The third-order valence-electron chi connectivity index (χ3n) is 7.25. The SMILES string of the molecule is CCNC(=NCC1CCN(Cc2nc(C)c(C)o2)CC1)N1CC2CCCCC2C1.I. The summed E-state index contributed by atoms with van der Waals surface area (Å²) in [4.78, 5) is 14.6. The van der Waals surface area contributed by atoms with E-state index >= 15 is 0 Å². The van der Waals surface area contributed by atoms with Crippen molar-refractivity contribution in [3.8, 4) is 0 Å². The largest absolute Gasteiger partial charge is 0.444 e. The predicted molar refractivity (Wildman–Crippen MR) is 132 cm³/mol. The van der Waals surface area contributed by atoms with E-state index in [-0.39, 0.29) is 24.0 Å². The second-order valence-corrected chi connectivity index (χ2v) is 9.37. The first kappa shape index (κ1) is 23.8. The molecule has 0 bridgehead atoms. The van der Waals surface area contributed by atoms with Crippen molar-refractivity contribution in [1.29, 1.82) is 0 Å². The molecule has 2 atom stereocenters. The summed E-state index contributed by atoms with van der Waals surface area (Å²) >= 11 is 0. The molecular weight excluding hydrogens is 489 g/mol. The molecule has 7 heteroatoms. The number of piperidine rings is 1. The summed E-state index contributed by atoms with van der Waals surface area (Å²) in [6, 6.07) is 0. The fourth-order valence-electron chi connectivity index (χ4n) is 5.35. The number of oxazole rings is 1. The number of aliphatic imine (C=N–C) groups is 1. The number of hydrogen-bond acceptors (Lipinski definition) is 4. The second-order valence-electron chi connectivity index (χ2n) is 9.37. The van der Waals surface area contributed by atoms with E-state index in [4.69, 9.17) is 9.41 Å². The molecule has 170 valence electrons. The van der Waals surface area contributed by atoms with Crippen LogP contribution in [-0.4, -0.2) is 60.0 Å². The maximum absolute atomic E-state index is 5.76. The minimum Gasteiger partial charge on any atom is -0.444 e. The Labute approximate surface area is 199 Å². The van der Waals surface area contributed by atoms with Crippen LogP contribution in [0, 0.1) is 31.6 Å². The summed E-state index contributed by atoms with van der Waals surface area (Å²) < 4.78 is 5.76. The van der Waals surface area contributed by atoms with Crippen molar-refractivity contribution in [2.45, 2.75) is 65.8 Å². The molecule has 0 spiro atoms. The summed E-state index contributed by atoms with van der Waals surface area (Å²) in [5.74, 6) is 5.47. The Hall–Kier alpha value is -0.830. The Kier molecular flexibility index (Phi) is 8.86. The van der Waals surface area contributed by atoms with Crippen molar-refractivity contribution in [2.24, 2.45) is 22.7 Å². The van der Waals surface area contributed by atoms with Crippen LogP contribution >= 0.6 is 24.0 Å². The van der Waals surface area contributed by atoms with E-state index in [1.54, 1.807) is 0 Å². The summed E-state index contributed by atoms with van der Waals surface area (Å²) in [5.41, 5.74) is 1.02. The molecule has 1 N–H and O–H groups in total. The van der Waals surface area contributed by atoms with E-state index in [1.807, 2.05) is 13.8 Å². The fraction of sp³-hybridized carbons (Fsp3) is 0.826. The monoisotopic (exact) mass is 529 g/mol. The molecule has 3 heterocycles. The van der Waals surface area contributed by atoms with Gasteiger partial charge in [0.15, 0.2) is 5.96 Å². The number of aryl methyl sites for hydroxylation is 2. The topological polar surface area (TPSA) is 56.9 Å². The van der Waals surface area contributed by atoms with Crippen molar-refractivity contribution in [3.05, 3.63) is 17.3 Å². The Morgan fingerprint density at radius 1 is 1.10 bits per heavy atom. The van der Waals surface area contributed by atoms with Crippen LogP contribution in [0.4, 0.5) is 0 Å². The van der Waals surface area contributed by atoms with Gasteiger partial charge in [0.1, 0.15) is 5.76 Å². The molecule has 4 rings (SSSR count). The van der Waals surface area contributed by atoms with Crippen LogP contribution in [-0.2, 0) is 6.54 Å². The molecular formula is C23H40IN5O. The van der Waals surface area contributed by atoms with E-state index < -0.39 is 0 Å². The highest BCUT2D eigenvalue weighted by molar-refractivity contribution is 14.0. The molecule has 3 aliphatic rings. The van der Waals surface area contributed by atoms with Crippen molar-refractivity contribution in [2.75, 3.05) is 39.3 Å². The molecule has 0 amide bonds. The molecule has 30 heavy (non-hydrogen) atoms. The number of nitrogens with zero attached hydrogens (tertiary/aromatic N) is 4. The van der Waals surface area contributed by atoms with Crippen LogP contribution in [0.3, 0.4) is 0 Å². The van der Waals surface area contributed by atoms with Gasteiger partial charge in [-0.1, -0.05) is 12.8 Å². The van der Waals surface area contributed by atoms with Crippen molar-refractivity contribution in [3.63, 3.8) is 0 Å². The highest BCUT2D eigenvalue weighted by Gasteiger charge is 2.35. The van der Waals surface area contributed by atoms with Crippen LogP contribution in [0.2, 0.25) is 0 Å². The number of rotatable bonds is 5. The summed E-state index contributed by atoms with van der Waals surface area (Å²) in [6.07, 6.45) is 8.12. The van der Waals surface area contributed by atoms with Gasteiger partial charge in [0.25, 0.3) is 0 Å². The zero-order chi connectivity index (χ0) is 20.2. The molecule has 0 aromatic carbocycles. The van der Waals surface area contributed by atoms with Crippen molar-refractivity contribution in [1.82, 2.24) is 20.1 Å². The lowest BCUT2D eigenvalue weighted by atomic mass is 9.82. The number of fused-ring (bicyclic) bond motifs is 1. The Morgan fingerprint density at radius 3 is 2.33 bits per heavy atom. The van der Waals surface area contributed by atoms with Gasteiger partial charge < -0.3 is 14.6 Å². The Morgan fingerprint density at radius 2 is 1.77 bits per heavy atom. The molecule has 2 unspecified atom stereocenters. The highest BCUT2D eigenvalue weighted by Crippen LogP contribution is 2.36. The molecule has 1 aromatic heterocycles. The third kappa shape index (κ3) is 5.90. The van der Waals surface area contributed by atoms with Crippen LogP contribution < -0.4 is 5.32 Å². The van der Waals surface area contributed by atoms with Gasteiger partial charge in [0.05, 0.1) is 12.2 Å². The fourth-order valence-corrected chi connectivity index (χ4v) is 5.35. The second kappa shape index (κ2) is 11.2. The van der Waals surface area contributed by atoms with Gasteiger partial charge in [-0.2, -0.15) is 0 Å². The highest BCUT2D eigenvalue weighted by atomic mass is 127. The van der Waals surface area contributed by atoms with Crippen LogP contribution in [0.15, 0.2) is 9.41 Å². The van der Waals surface area contributed by atoms with Gasteiger partial charge in [-0.3, -0.25) is 9.89 Å². The van der Waals surface area contributed by atoms with Crippen LogP contribution in [0.25, 0.3) is 0 Å². The minimum absolute atomic E-state index is 0. The van der Waals surface area contributed by atoms with E-state index in [1.165, 1.54) is 51.6 Å². The van der Waals surface area contributed by atoms with Crippen LogP contribution in [0.1, 0.15) is 62.8 Å². The lowest BCUT2D eigenvalue weighted by Gasteiger charge is -2.30. The molecule has 1 aliphatic carbocycles. The zero-order valence-corrected chi connectivity index (χ0v) is 21.4.